The maximum absolute atomic E-state index is 11.8. The minimum atomic E-state index is -0.166. The van der Waals surface area contributed by atoms with E-state index in [0.717, 1.165) is 9.51 Å². The Balaban J connectivity index is 2.82. The highest BCUT2D eigenvalue weighted by atomic mass is 32.1. The molecule has 2 heterocycles. The predicted octanol–water partition coefficient (Wildman–Crippen LogP) is 1.60. The molecular weight excluding hydrogens is 210 g/mol. The molecule has 0 fully saturated rings. The van der Waals surface area contributed by atoms with Gasteiger partial charge in [-0.2, -0.15) is 0 Å². The van der Waals surface area contributed by atoms with Gasteiger partial charge in [0.2, 0.25) is 0 Å². The molecule has 0 aliphatic carbocycles. The van der Waals surface area contributed by atoms with Crippen LogP contribution >= 0.6 is 11.3 Å². The molecule has 0 aromatic carbocycles. The second-order valence-corrected chi connectivity index (χ2v) is 4.92. The molecule has 0 saturated heterocycles. The molecule has 0 aliphatic heterocycles. The first-order valence-corrected chi connectivity index (χ1v) is 5.60. The number of hydrogen-bond acceptors (Lipinski definition) is 4. The molecule has 0 spiro atoms. The lowest BCUT2D eigenvalue weighted by Gasteiger charge is -2.00. The fourth-order valence-corrected chi connectivity index (χ4v) is 2.47. The topological polar surface area (TPSA) is 60.9 Å². The largest absolute Gasteiger partial charge is 0.335 e. The fourth-order valence-electron chi connectivity index (χ4n) is 1.40. The number of aromatic nitrogens is 2. The summed E-state index contributed by atoms with van der Waals surface area (Å²) in [5.74, 6) is 6.54. The van der Waals surface area contributed by atoms with Gasteiger partial charge in [0.1, 0.15) is 10.7 Å². The Morgan fingerprint density at radius 3 is 2.80 bits per heavy atom. The number of nitrogen functional groups attached to an aromatic ring is 1. The zero-order valence-corrected chi connectivity index (χ0v) is 9.76. The summed E-state index contributed by atoms with van der Waals surface area (Å²) in [6.07, 6.45) is 0. The fraction of sp³-hybridized carbons (Fsp3) is 0.400. The van der Waals surface area contributed by atoms with Crippen LogP contribution in [0.1, 0.15) is 30.5 Å². The van der Waals surface area contributed by atoms with Crippen molar-refractivity contribution in [1.82, 2.24) is 9.66 Å². The van der Waals surface area contributed by atoms with E-state index in [1.165, 1.54) is 4.88 Å². The number of nitrogens with zero attached hydrogens (tertiary/aromatic N) is 2. The smallest absolute Gasteiger partial charge is 0.280 e. The summed E-state index contributed by atoms with van der Waals surface area (Å²) in [5.41, 5.74) is -0.166. The van der Waals surface area contributed by atoms with Gasteiger partial charge in [-0.3, -0.25) is 4.79 Å². The maximum Gasteiger partial charge on any atom is 0.280 e. The third-order valence-electron chi connectivity index (χ3n) is 2.36. The number of thiophene rings is 1. The maximum atomic E-state index is 11.8. The van der Waals surface area contributed by atoms with E-state index in [1.807, 2.05) is 6.07 Å². The normalized spacial score (nSPS) is 11.5. The second-order valence-electron chi connectivity index (χ2n) is 3.86. The van der Waals surface area contributed by atoms with Gasteiger partial charge >= 0.3 is 0 Å². The van der Waals surface area contributed by atoms with Crippen molar-refractivity contribution >= 4 is 21.6 Å². The molecule has 2 aromatic rings. The molecule has 2 rings (SSSR count). The minimum absolute atomic E-state index is 0.166. The van der Waals surface area contributed by atoms with Gasteiger partial charge in [-0.25, -0.2) is 9.66 Å². The quantitative estimate of drug-likeness (QED) is 0.747. The Morgan fingerprint density at radius 2 is 2.20 bits per heavy atom. The Kier molecular flexibility index (Phi) is 2.26. The summed E-state index contributed by atoms with van der Waals surface area (Å²) in [5, 5.41) is 0.622. The molecule has 2 aromatic heterocycles. The molecule has 80 valence electrons. The van der Waals surface area contributed by atoms with Gasteiger partial charge in [0.05, 0.1) is 5.39 Å². The van der Waals surface area contributed by atoms with E-state index in [4.69, 9.17) is 5.84 Å². The van der Waals surface area contributed by atoms with Gasteiger partial charge in [-0.1, -0.05) is 13.8 Å². The van der Waals surface area contributed by atoms with Crippen LogP contribution in [0, 0.1) is 6.92 Å². The van der Waals surface area contributed by atoms with E-state index in [2.05, 4.69) is 18.8 Å². The van der Waals surface area contributed by atoms with Crippen LogP contribution in [0.15, 0.2) is 10.9 Å². The molecule has 0 atom stereocenters. The zero-order chi connectivity index (χ0) is 11.2. The third kappa shape index (κ3) is 1.52. The van der Waals surface area contributed by atoms with Crippen LogP contribution in [-0.4, -0.2) is 9.66 Å². The zero-order valence-electron chi connectivity index (χ0n) is 8.94. The molecule has 0 amide bonds. The summed E-state index contributed by atoms with van der Waals surface area (Å²) in [4.78, 5) is 18.0. The number of hydrogen-bond donors (Lipinski definition) is 1. The van der Waals surface area contributed by atoms with Crippen LogP contribution in [0.2, 0.25) is 0 Å². The van der Waals surface area contributed by atoms with E-state index < -0.39 is 0 Å². The second kappa shape index (κ2) is 3.34. The molecule has 0 radical (unpaired) electrons. The third-order valence-corrected chi connectivity index (χ3v) is 3.69. The van der Waals surface area contributed by atoms with E-state index in [0.29, 0.717) is 17.1 Å². The predicted molar refractivity (Wildman–Crippen MR) is 62.9 cm³/mol. The minimum Gasteiger partial charge on any atom is -0.335 e. The molecule has 15 heavy (non-hydrogen) atoms. The molecular formula is C10H13N3OS. The van der Waals surface area contributed by atoms with Crippen LogP contribution in [-0.2, 0) is 0 Å². The Morgan fingerprint density at radius 1 is 1.53 bits per heavy atom. The van der Waals surface area contributed by atoms with Crippen molar-refractivity contribution < 1.29 is 0 Å². The highest BCUT2D eigenvalue weighted by Gasteiger charge is 2.11. The van der Waals surface area contributed by atoms with E-state index in [1.54, 1.807) is 18.3 Å². The van der Waals surface area contributed by atoms with Crippen molar-refractivity contribution in [3.8, 4) is 0 Å². The first kappa shape index (κ1) is 10.2. The summed E-state index contributed by atoms with van der Waals surface area (Å²) in [6, 6.07) is 1.89. The first-order chi connectivity index (χ1) is 7.00. The van der Waals surface area contributed by atoms with Gasteiger partial charge in [0.15, 0.2) is 0 Å². The summed E-state index contributed by atoms with van der Waals surface area (Å²) < 4.78 is 1.10. The van der Waals surface area contributed by atoms with Crippen LogP contribution in [0.5, 0.6) is 0 Å². The number of nitrogens with two attached hydrogens (primary N) is 1. The van der Waals surface area contributed by atoms with Crippen molar-refractivity contribution in [2.75, 3.05) is 5.84 Å². The average Bonchev–Trinajstić information content (AvgIpc) is 2.58. The van der Waals surface area contributed by atoms with Crippen LogP contribution in [0.3, 0.4) is 0 Å². The Hall–Kier alpha value is -1.36. The number of rotatable bonds is 1. The lowest BCUT2D eigenvalue weighted by atomic mass is 10.2. The van der Waals surface area contributed by atoms with Gasteiger partial charge < -0.3 is 5.84 Å². The van der Waals surface area contributed by atoms with Crippen molar-refractivity contribution in [3.05, 3.63) is 27.1 Å². The highest BCUT2D eigenvalue weighted by molar-refractivity contribution is 7.18. The molecule has 4 nitrogen and oxygen atoms in total. The molecule has 5 heteroatoms. The van der Waals surface area contributed by atoms with Crippen molar-refractivity contribution in [3.63, 3.8) is 0 Å². The Labute approximate surface area is 91.3 Å². The van der Waals surface area contributed by atoms with Crippen LogP contribution in [0.25, 0.3) is 10.2 Å². The van der Waals surface area contributed by atoms with Crippen LogP contribution in [0.4, 0.5) is 0 Å². The average molecular weight is 223 g/mol. The molecule has 0 unspecified atom stereocenters. The highest BCUT2D eigenvalue weighted by Crippen LogP contribution is 2.27. The lowest BCUT2D eigenvalue weighted by molar-refractivity contribution is 0.854. The van der Waals surface area contributed by atoms with E-state index in [-0.39, 0.29) is 5.56 Å². The molecule has 0 bridgehead atoms. The van der Waals surface area contributed by atoms with Crippen molar-refractivity contribution in [2.24, 2.45) is 0 Å². The van der Waals surface area contributed by atoms with Gasteiger partial charge in [-0.05, 0) is 18.9 Å². The van der Waals surface area contributed by atoms with E-state index >= 15 is 0 Å². The van der Waals surface area contributed by atoms with Gasteiger partial charge in [-0.15, -0.1) is 11.3 Å². The monoisotopic (exact) mass is 223 g/mol. The van der Waals surface area contributed by atoms with Crippen LogP contribution < -0.4 is 11.4 Å². The van der Waals surface area contributed by atoms with Crippen molar-refractivity contribution in [2.45, 2.75) is 26.7 Å². The standard InChI is InChI=1S/C10H13N3OS/c1-5(2)8-4-7-9(15-8)12-6(3)13(11)10(7)14/h4-5H,11H2,1-3H3. The number of aryl methyl sites for hydroxylation is 1. The van der Waals surface area contributed by atoms with E-state index in [9.17, 15) is 4.79 Å². The van der Waals surface area contributed by atoms with Gasteiger partial charge in [0, 0.05) is 4.88 Å². The molecule has 0 saturated carbocycles. The summed E-state index contributed by atoms with van der Waals surface area (Å²) in [6.45, 7) is 5.92. The lowest BCUT2D eigenvalue weighted by Crippen LogP contribution is -2.29. The first-order valence-electron chi connectivity index (χ1n) is 4.79. The number of fused-ring (bicyclic) bond motifs is 1. The Bertz CT molecular complexity index is 568. The van der Waals surface area contributed by atoms with Crippen molar-refractivity contribution in [1.29, 1.82) is 0 Å². The molecule has 2 N–H and O–H groups in total. The molecule has 0 aliphatic rings. The summed E-state index contributed by atoms with van der Waals surface area (Å²) >= 11 is 1.56. The summed E-state index contributed by atoms with van der Waals surface area (Å²) in [7, 11) is 0. The SMILES string of the molecule is Cc1nc2sc(C(C)C)cc2c(=O)n1N. The van der Waals surface area contributed by atoms with Gasteiger partial charge in [0.25, 0.3) is 5.56 Å².